The van der Waals surface area contributed by atoms with Crippen molar-refractivity contribution in [2.24, 2.45) is 5.73 Å². The predicted molar refractivity (Wildman–Crippen MR) is 79.4 cm³/mol. The van der Waals surface area contributed by atoms with Crippen LogP contribution in [0, 0.1) is 6.92 Å². The van der Waals surface area contributed by atoms with Gasteiger partial charge in [-0.05, 0) is 18.6 Å². The molecule has 100 valence electrons. The van der Waals surface area contributed by atoms with Crippen LogP contribution in [0.4, 0.5) is 0 Å². The lowest BCUT2D eigenvalue weighted by atomic mass is 10.1. The van der Waals surface area contributed by atoms with Crippen LogP contribution in [0.2, 0.25) is 0 Å². The molecule has 0 fully saturated rings. The first-order valence-corrected chi connectivity index (χ1v) is 6.57. The number of para-hydroxylation sites is 1. The van der Waals surface area contributed by atoms with E-state index in [-0.39, 0.29) is 0 Å². The fourth-order valence-electron chi connectivity index (χ4n) is 2.25. The third-order valence-corrected chi connectivity index (χ3v) is 3.18. The minimum absolute atomic E-state index is 0.476. The molecule has 20 heavy (non-hydrogen) atoms. The fourth-order valence-corrected chi connectivity index (χ4v) is 2.25. The SMILES string of the molecule is Cc1nc(-c2ccccc2)n(-c2ccccc2CN)n1. The van der Waals surface area contributed by atoms with Gasteiger partial charge in [-0.15, -0.1) is 0 Å². The molecule has 0 spiro atoms. The summed E-state index contributed by atoms with van der Waals surface area (Å²) < 4.78 is 1.87. The standard InChI is InChI=1S/C16H16N4/c1-12-18-16(13-7-3-2-4-8-13)20(19-12)15-10-6-5-9-14(15)11-17/h2-10H,11,17H2,1H3. The molecule has 2 N–H and O–H groups in total. The van der Waals surface area contributed by atoms with E-state index in [9.17, 15) is 0 Å². The quantitative estimate of drug-likeness (QED) is 0.791. The molecule has 4 heteroatoms. The molecule has 0 aliphatic rings. The molecule has 0 unspecified atom stereocenters. The van der Waals surface area contributed by atoms with Crippen molar-refractivity contribution in [3.63, 3.8) is 0 Å². The van der Waals surface area contributed by atoms with Crippen LogP contribution in [-0.4, -0.2) is 14.8 Å². The van der Waals surface area contributed by atoms with Crippen LogP contribution in [0.5, 0.6) is 0 Å². The molecule has 1 heterocycles. The minimum Gasteiger partial charge on any atom is -0.326 e. The molecule has 0 atom stereocenters. The highest BCUT2D eigenvalue weighted by atomic mass is 15.3. The van der Waals surface area contributed by atoms with Gasteiger partial charge in [-0.25, -0.2) is 9.67 Å². The Morgan fingerprint density at radius 1 is 1.00 bits per heavy atom. The summed E-state index contributed by atoms with van der Waals surface area (Å²) in [6.07, 6.45) is 0. The van der Waals surface area contributed by atoms with Crippen LogP contribution < -0.4 is 5.73 Å². The molecule has 0 radical (unpaired) electrons. The van der Waals surface area contributed by atoms with Gasteiger partial charge in [0.15, 0.2) is 5.82 Å². The molecular weight excluding hydrogens is 248 g/mol. The van der Waals surface area contributed by atoms with Crippen LogP contribution in [-0.2, 0) is 6.54 Å². The van der Waals surface area contributed by atoms with Crippen molar-refractivity contribution < 1.29 is 0 Å². The van der Waals surface area contributed by atoms with E-state index < -0.39 is 0 Å². The Balaban J connectivity index is 2.20. The molecule has 3 rings (SSSR count). The summed E-state index contributed by atoms with van der Waals surface area (Å²) in [6, 6.07) is 18.1. The van der Waals surface area contributed by atoms with Gasteiger partial charge in [-0.3, -0.25) is 0 Å². The second-order valence-electron chi connectivity index (χ2n) is 4.59. The highest BCUT2D eigenvalue weighted by molar-refractivity contribution is 5.58. The number of nitrogens with zero attached hydrogens (tertiary/aromatic N) is 3. The average Bonchev–Trinajstić information content (AvgIpc) is 2.90. The van der Waals surface area contributed by atoms with Crippen molar-refractivity contribution in [2.75, 3.05) is 0 Å². The summed E-state index contributed by atoms with van der Waals surface area (Å²) in [5, 5.41) is 4.52. The number of aryl methyl sites for hydroxylation is 1. The first-order chi connectivity index (χ1) is 9.79. The van der Waals surface area contributed by atoms with Crippen LogP contribution >= 0.6 is 0 Å². The van der Waals surface area contributed by atoms with Crippen molar-refractivity contribution >= 4 is 0 Å². The minimum atomic E-state index is 0.476. The van der Waals surface area contributed by atoms with Crippen molar-refractivity contribution in [1.82, 2.24) is 14.8 Å². The maximum atomic E-state index is 5.82. The summed E-state index contributed by atoms with van der Waals surface area (Å²) in [6.45, 7) is 2.37. The predicted octanol–water partition coefficient (Wildman–Crippen LogP) is 2.70. The Hall–Kier alpha value is -2.46. The summed E-state index contributed by atoms with van der Waals surface area (Å²) in [7, 11) is 0. The highest BCUT2D eigenvalue weighted by Crippen LogP contribution is 2.22. The van der Waals surface area contributed by atoms with Crippen LogP contribution in [0.3, 0.4) is 0 Å². The van der Waals surface area contributed by atoms with Gasteiger partial charge in [0, 0.05) is 12.1 Å². The Morgan fingerprint density at radius 2 is 1.70 bits per heavy atom. The van der Waals surface area contributed by atoms with Crippen molar-refractivity contribution in [3.05, 3.63) is 66.0 Å². The summed E-state index contributed by atoms with van der Waals surface area (Å²) in [5.41, 5.74) is 8.90. The molecule has 0 saturated carbocycles. The second-order valence-corrected chi connectivity index (χ2v) is 4.59. The first-order valence-electron chi connectivity index (χ1n) is 6.57. The van der Waals surface area contributed by atoms with E-state index in [4.69, 9.17) is 5.73 Å². The number of aromatic nitrogens is 3. The summed E-state index contributed by atoms with van der Waals surface area (Å²) >= 11 is 0. The largest absolute Gasteiger partial charge is 0.326 e. The van der Waals surface area contributed by atoms with Gasteiger partial charge in [0.25, 0.3) is 0 Å². The summed E-state index contributed by atoms with van der Waals surface area (Å²) in [4.78, 5) is 4.54. The zero-order chi connectivity index (χ0) is 13.9. The topological polar surface area (TPSA) is 56.7 Å². The molecule has 0 amide bonds. The number of nitrogens with two attached hydrogens (primary N) is 1. The highest BCUT2D eigenvalue weighted by Gasteiger charge is 2.13. The Labute approximate surface area is 117 Å². The van der Waals surface area contributed by atoms with Crippen molar-refractivity contribution in [2.45, 2.75) is 13.5 Å². The molecule has 4 nitrogen and oxygen atoms in total. The van der Waals surface area contributed by atoms with Gasteiger partial charge in [-0.1, -0.05) is 48.5 Å². The van der Waals surface area contributed by atoms with Crippen LogP contribution in [0.1, 0.15) is 11.4 Å². The van der Waals surface area contributed by atoms with Crippen molar-refractivity contribution in [3.8, 4) is 17.1 Å². The third kappa shape index (κ3) is 2.21. The van der Waals surface area contributed by atoms with Gasteiger partial charge >= 0.3 is 0 Å². The van der Waals surface area contributed by atoms with Gasteiger partial charge in [-0.2, -0.15) is 5.10 Å². The lowest BCUT2D eigenvalue weighted by Crippen LogP contribution is -2.07. The van der Waals surface area contributed by atoms with E-state index in [0.29, 0.717) is 6.54 Å². The van der Waals surface area contributed by atoms with E-state index in [1.54, 1.807) is 0 Å². The van der Waals surface area contributed by atoms with Crippen LogP contribution in [0.15, 0.2) is 54.6 Å². The van der Waals surface area contributed by atoms with E-state index in [1.807, 2.05) is 66.2 Å². The first kappa shape index (κ1) is 12.6. The van der Waals surface area contributed by atoms with Gasteiger partial charge in [0.2, 0.25) is 0 Å². The molecule has 3 aromatic rings. The molecule has 2 aromatic carbocycles. The van der Waals surface area contributed by atoms with Gasteiger partial charge < -0.3 is 5.73 Å². The third-order valence-electron chi connectivity index (χ3n) is 3.18. The van der Waals surface area contributed by atoms with Gasteiger partial charge in [0.05, 0.1) is 5.69 Å². The Kier molecular flexibility index (Phi) is 3.31. The lowest BCUT2D eigenvalue weighted by molar-refractivity contribution is 0.850. The molecular formula is C16H16N4. The van der Waals surface area contributed by atoms with Crippen molar-refractivity contribution in [1.29, 1.82) is 0 Å². The number of hydrogen-bond acceptors (Lipinski definition) is 3. The van der Waals surface area contributed by atoms with E-state index in [2.05, 4.69) is 10.1 Å². The lowest BCUT2D eigenvalue weighted by Gasteiger charge is -2.10. The molecule has 1 aromatic heterocycles. The zero-order valence-corrected chi connectivity index (χ0v) is 11.3. The fraction of sp³-hybridized carbons (Fsp3) is 0.125. The molecule has 0 aliphatic carbocycles. The average molecular weight is 264 g/mol. The number of benzene rings is 2. The van der Waals surface area contributed by atoms with Gasteiger partial charge in [0.1, 0.15) is 5.82 Å². The maximum absolute atomic E-state index is 5.82. The molecule has 0 bridgehead atoms. The van der Waals surface area contributed by atoms with E-state index in [0.717, 1.165) is 28.5 Å². The molecule has 0 aliphatic heterocycles. The Morgan fingerprint density at radius 3 is 2.45 bits per heavy atom. The number of hydrogen-bond donors (Lipinski definition) is 1. The van der Waals surface area contributed by atoms with E-state index in [1.165, 1.54) is 0 Å². The zero-order valence-electron chi connectivity index (χ0n) is 11.3. The second kappa shape index (κ2) is 5.27. The summed E-state index contributed by atoms with van der Waals surface area (Å²) in [5.74, 6) is 1.58. The van der Waals surface area contributed by atoms with Crippen LogP contribution in [0.25, 0.3) is 17.1 Å². The monoisotopic (exact) mass is 264 g/mol. The Bertz CT molecular complexity index is 716. The number of rotatable bonds is 3. The van der Waals surface area contributed by atoms with E-state index >= 15 is 0 Å². The molecule has 0 saturated heterocycles. The smallest absolute Gasteiger partial charge is 0.163 e. The maximum Gasteiger partial charge on any atom is 0.163 e. The normalized spacial score (nSPS) is 10.7.